The van der Waals surface area contributed by atoms with Crippen LogP contribution in [-0.2, 0) is 21.9 Å². The SMILES string of the molecule is CNC(CC(C)c1cccc(C(F)(F)F)c1Cl)c1c(Br)cccc1Br.CNC(CC(C)c1cccc(C(F)(F)F)c1Cl)c1c(Br)cccc1Br.O=C(O)CC(=O)O. The molecule has 57 heavy (non-hydrogen) atoms. The van der Waals surface area contributed by atoms with E-state index in [1.54, 1.807) is 12.1 Å². The highest BCUT2D eigenvalue weighted by Crippen LogP contribution is 2.43. The number of hydrogen-bond donors (Lipinski definition) is 4. The lowest BCUT2D eigenvalue weighted by atomic mass is 9.89. The molecule has 312 valence electrons. The molecule has 0 aliphatic carbocycles. The van der Waals surface area contributed by atoms with E-state index in [-0.39, 0.29) is 34.0 Å². The lowest BCUT2D eigenvalue weighted by Gasteiger charge is -2.24. The standard InChI is InChI=1S/2C18H17Br2ClF3N.C3H4O4/c2*1-10(11-5-3-6-12(17(11)21)18(22,23)24)9-15(25-2)16-13(19)7-4-8-14(16)20;4-2(5)1-3(6)7/h2*3-8,10,15,25H,9H2,1-2H3;1H2,(H,4,5)(H,6,7). The first kappa shape index (κ1) is 51.0. The Morgan fingerprint density at radius 2 is 0.877 bits per heavy atom. The van der Waals surface area contributed by atoms with Crippen LogP contribution in [0, 0.1) is 0 Å². The fraction of sp³-hybridized carbons (Fsp3) is 0.333. The van der Waals surface area contributed by atoms with E-state index in [1.165, 1.54) is 12.1 Å². The first-order valence-electron chi connectivity index (χ1n) is 16.8. The summed E-state index contributed by atoms with van der Waals surface area (Å²) in [4.78, 5) is 18.9. The molecule has 4 aromatic carbocycles. The van der Waals surface area contributed by atoms with E-state index in [1.807, 2.05) is 64.3 Å². The molecule has 0 fully saturated rings. The van der Waals surface area contributed by atoms with Gasteiger partial charge in [0.1, 0.15) is 6.42 Å². The normalized spacial score (nSPS) is 13.6. The molecule has 0 spiro atoms. The summed E-state index contributed by atoms with van der Waals surface area (Å²) in [6.07, 6.45) is -8.53. The minimum absolute atomic E-state index is 0.0504. The summed E-state index contributed by atoms with van der Waals surface area (Å²) in [5.41, 5.74) is 1.47. The molecular formula is C39H38Br4Cl2F6N2O4. The quantitative estimate of drug-likeness (QED) is 0.0833. The number of halogens is 12. The Labute approximate surface area is 370 Å². The Morgan fingerprint density at radius 1 is 0.596 bits per heavy atom. The van der Waals surface area contributed by atoms with Crippen LogP contribution in [0.15, 0.2) is 90.7 Å². The molecule has 4 atom stereocenters. The number of carboxylic acid groups (broad SMARTS) is 2. The van der Waals surface area contributed by atoms with Crippen molar-refractivity contribution in [1.82, 2.24) is 10.6 Å². The fourth-order valence-corrected chi connectivity index (χ4v) is 9.78. The van der Waals surface area contributed by atoms with Crippen LogP contribution in [-0.4, -0.2) is 36.2 Å². The highest BCUT2D eigenvalue weighted by molar-refractivity contribution is 9.11. The molecule has 0 bridgehead atoms. The molecule has 4 aromatic rings. The molecule has 4 N–H and O–H groups in total. The highest BCUT2D eigenvalue weighted by atomic mass is 79.9. The van der Waals surface area contributed by atoms with E-state index in [4.69, 9.17) is 33.4 Å². The van der Waals surface area contributed by atoms with Gasteiger partial charge in [-0.15, -0.1) is 0 Å². The van der Waals surface area contributed by atoms with Crippen LogP contribution in [0.5, 0.6) is 0 Å². The topological polar surface area (TPSA) is 98.7 Å². The van der Waals surface area contributed by atoms with Crippen LogP contribution in [0.3, 0.4) is 0 Å². The van der Waals surface area contributed by atoms with Gasteiger partial charge in [0, 0.05) is 30.0 Å². The summed E-state index contributed by atoms with van der Waals surface area (Å²) < 4.78 is 82.2. The monoisotopic (exact) mass is 1100 g/mol. The Bertz CT molecular complexity index is 1810. The predicted molar refractivity (Wildman–Crippen MR) is 226 cm³/mol. The van der Waals surface area contributed by atoms with E-state index >= 15 is 0 Å². The molecule has 4 unspecified atom stereocenters. The first-order chi connectivity index (χ1) is 26.5. The van der Waals surface area contributed by atoms with Crippen molar-refractivity contribution in [2.75, 3.05) is 14.1 Å². The van der Waals surface area contributed by atoms with Crippen LogP contribution < -0.4 is 10.6 Å². The van der Waals surface area contributed by atoms with Crippen LogP contribution in [0.1, 0.15) is 90.4 Å². The minimum atomic E-state index is -4.46. The third kappa shape index (κ3) is 15.1. The van der Waals surface area contributed by atoms with Crippen molar-refractivity contribution >= 4 is 98.9 Å². The van der Waals surface area contributed by atoms with E-state index in [0.29, 0.717) is 24.0 Å². The molecule has 0 radical (unpaired) electrons. The van der Waals surface area contributed by atoms with Gasteiger partial charge in [-0.05, 0) is 97.4 Å². The Balaban J connectivity index is 0.000000337. The van der Waals surface area contributed by atoms with Crippen molar-refractivity contribution in [3.8, 4) is 0 Å². The van der Waals surface area contributed by atoms with Crippen molar-refractivity contribution in [2.24, 2.45) is 0 Å². The third-order valence-electron chi connectivity index (χ3n) is 8.60. The summed E-state index contributed by atoms with van der Waals surface area (Å²) in [5.74, 6) is -2.95. The summed E-state index contributed by atoms with van der Waals surface area (Å²) in [6.45, 7) is 3.77. The molecule has 4 rings (SSSR count). The largest absolute Gasteiger partial charge is 0.481 e. The number of benzene rings is 4. The first-order valence-corrected chi connectivity index (χ1v) is 20.8. The Morgan fingerprint density at radius 3 is 1.11 bits per heavy atom. The molecule has 18 heteroatoms. The Kier molecular flexibility index (Phi) is 20.6. The van der Waals surface area contributed by atoms with Crippen molar-refractivity contribution < 1.29 is 46.1 Å². The van der Waals surface area contributed by atoms with Gasteiger partial charge in [-0.1, -0.05) is 137 Å². The van der Waals surface area contributed by atoms with Crippen LogP contribution in [0.4, 0.5) is 26.3 Å². The van der Waals surface area contributed by atoms with Crippen molar-refractivity contribution in [1.29, 1.82) is 0 Å². The smallest absolute Gasteiger partial charge is 0.417 e. The van der Waals surface area contributed by atoms with E-state index in [0.717, 1.165) is 41.2 Å². The maximum Gasteiger partial charge on any atom is 0.417 e. The second-order valence-corrected chi connectivity index (χ2v) is 16.8. The summed E-state index contributed by atoms with van der Waals surface area (Å²) in [5, 5.41) is 21.4. The zero-order valence-electron chi connectivity index (χ0n) is 30.6. The van der Waals surface area contributed by atoms with Crippen molar-refractivity contribution in [3.05, 3.63) is 134 Å². The van der Waals surface area contributed by atoms with E-state index < -0.39 is 41.8 Å². The van der Waals surface area contributed by atoms with Gasteiger partial charge < -0.3 is 20.8 Å². The zero-order valence-corrected chi connectivity index (χ0v) is 38.5. The average Bonchev–Trinajstić information content (AvgIpc) is 3.09. The molecule has 6 nitrogen and oxygen atoms in total. The van der Waals surface area contributed by atoms with Gasteiger partial charge in [-0.2, -0.15) is 26.3 Å². The lowest BCUT2D eigenvalue weighted by molar-refractivity contribution is -0.147. The number of hydrogen-bond acceptors (Lipinski definition) is 4. The molecular weight excluding hydrogens is 1060 g/mol. The van der Waals surface area contributed by atoms with Gasteiger partial charge in [0.2, 0.25) is 0 Å². The van der Waals surface area contributed by atoms with Crippen LogP contribution in [0.25, 0.3) is 0 Å². The highest BCUT2D eigenvalue weighted by Gasteiger charge is 2.36. The minimum Gasteiger partial charge on any atom is -0.481 e. The second kappa shape index (κ2) is 23.0. The van der Waals surface area contributed by atoms with Crippen LogP contribution in [0.2, 0.25) is 10.0 Å². The maximum absolute atomic E-state index is 13.1. The van der Waals surface area contributed by atoms with Gasteiger partial charge in [0.05, 0.1) is 21.2 Å². The summed E-state index contributed by atoms with van der Waals surface area (Å²) >= 11 is 26.3. The van der Waals surface area contributed by atoms with Crippen molar-refractivity contribution in [2.45, 2.75) is 69.4 Å². The lowest BCUT2D eigenvalue weighted by Crippen LogP contribution is -2.20. The number of carboxylic acids is 2. The van der Waals surface area contributed by atoms with Crippen molar-refractivity contribution in [3.63, 3.8) is 0 Å². The number of aliphatic carboxylic acids is 2. The zero-order chi connectivity index (χ0) is 43.4. The number of alkyl halides is 6. The average molecular weight is 1100 g/mol. The van der Waals surface area contributed by atoms with E-state index in [2.05, 4.69) is 74.4 Å². The number of rotatable bonds is 12. The molecule has 0 heterocycles. The Hall–Kier alpha value is -2.18. The van der Waals surface area contributed by atoms with E-state index in [9.17, 15) is 35.9 Å². The van der Waals surface area contributed by atoms with Gasteiger partial charge >= 0.3 is 24.3 Å². The van der Waals surface area contributed by atoms with Gasteiger partial charge in [0.25, 0.3) is 0 Å². The molecule has 0 aromatic heterocycles. The predicted octanol–water partition coefficient (Wildman–Crippen LogP) is 14.2. The maximum atomic E-state index is 13.1. The van der Waals surface area contributed by atoms with Gasteiger partial charge in [-0.3, -0.25) is 9.59 Å². The second-order valence-electron chi connectivity index (χ2n) is 12.6. The molecule has 0 saturated carbocycles. The third-order valence-corrected chi connectivity index (χ3v) is 12.2. The number of nitrogens with one attached hydrogen (secondary N) is 2. The molecule has 0 aliphatic rings. The van der Waals surface area contributed by atoms with Gasteiger partial charge in [0.15, 0.2) is 0 Å². The molecule has 0 aliphatic heterocycles. The molecule has 0 amide bonds. The fourth-order valence-electron chi connectivity index (χ4n) is 5.84. The molecule has 0 saturated heterocycles. The van der Waals surface area contributed by atoms with Crippen LogP contribution >= 0.6 is 86.9 Å². The summed E-state index contributed by atoms with van der Waals surface area (Å²) in [6, 6.07) is 19.6. The number of carbonyl (C=O) groups is 2. The summed E-state index contributed by atoms with van der Waals surface area (Å²) in [7, 11) is 3.66. The van der Waals surface area contributed by atoms with Gasteiger partial charge in [-0.25, -0.2) is 0 Å².